The van der Waals surface area contributed by atoms with Gasteiger partial charge in [0.25, 0.3) is 5.91 Å². The highest BCUT2D eigenvalue weighted by atomic mass is 16.2. The number of rotatable bonds is 5. The Morgan fingerprint density at radius 3 is 2.75 bits per heavy atom. The molecular formula is C16H25N3O. The number of carbonyl (C=O) groups is 1. The first-order chi connectivity index (χ1) is 9.65. The predicted molar refractivity (Wildman–Crippen MR) is 81.9 cm³/mol. The number of pyridine rings is 1. The van der Waals surface area contributed by atoms with Crippen molar-refractivity contribution in [1.82, 2.24) is 9.88 Å². The molecule has 0 spiro atoms. The van der Waals surface area contributed by atoms with Gasteiger partial charge in [-0.15, -0.1) is 0 Å². The Labute approximate surface area is 121 Å². The van der Waals surface area contributed by atoms with Gasteiger partial charge in [0.15, 0.2) is 0 Å². The standard InChI is InChI=1S/C16H25N3O/c1-4-16(5-2)8-10-19(12-16)15(20)13-7-9-17-11-14(13)18-6-3/h7,9,11,18H,4-6,8,10,12H2,1-3H3. The van der Waals surface area contributed by atoms with E-state index in [1.165, 1.54) is 0 Å². The first kappa shape index (κ1) is 14.8. The molecule has 4 nitrogen and oxygen atoms in total. The summed E-state index contributed by atoms with van der Waals surface area (Å²) in [7, 11) is 0. The average Bonchev–Trinajstić information content (AvgIpc) is 2.93. The highest BCUT2D eigenvalue weighted by molar-refractivity contribution is 5.99. The van der Waals surface area contributed by atoms with Gasteiger partial charge in [0.1, 0.15) is 0 Å². The van der Waals surface area contributed by atoms with Crippen LogP contribution in [0, 0.1) is 5.41 Å². The van der Waals surface area contributed by atoms with Gasteiger partial charge in [0.05, 0.1) is 17.4 Å². The molecule has 0 saturated carbocycles. The van der Waals surface area contributed by atoms with E-state index in [1.807, 2.05) is 17.9 Å². The zero-order valence-corrected chi connectivity index (χ0v) is 12.8. The van der Waals surface area contributed by atoms with Crippen LogP contribution in [-0.2, 0) is 0 Å². The van der Waals surface area contributed by atoms with E-state index in [2.05, 4.69) is 24.1 Å². The van der Waals surface area contributed by atoms with Crippen LogP contribution in [0.25, 0.3) is 0 Å². The van der Waals surface area contributed by atoms with E-state index in [1.54, 1.807) is 12.4 Å². The van der Waals surface area contributed by atoms with Crippen LogP contribution < -0.4 is 5.32 Å². The molecule has 20 heavy (non-hydrogen) atoms. The second kappa shape index (κ2) is 6.25. The fraction of sp³-hybridized carbons (Fsp3) is 0.625. The van der Waals surface area contributed by atoms with Crippen LogP contribution in [-0.4, -0.2) is 35.4 Å². The molecule has 1 N–H and O–H groups in total. The molecule has 1 aromatic rings. The van der Waals surface area contributed by atoms with Crippen LogP contribution in [0.15, 0.2) is 18.5 Å². The van der Waals surface area contributed by atoms with Crippen molar-refractivity contribution in [2.75, 3.05) is 25.0 Å². The predicted octanol–water partition coefficient (Wildman–Crippen LogP) is 3.17. The van der Waals surface area contributed by atoms with Crippen molar-refractivity contribution in [3.05, 3.63) is 24.0 Å². The fourth-order valence-corrected chi connectivity index (χ4v) is 3.02. The smallest absolute Gasteiger partial charge is 0.256 e. The summed E-state index contributed by atoms with van der Waals surface area (Å²) in [5, 5.41) is 3.22. The normalized spacial score (nSPS) is 17.2. The van der Waals surface area contributed by atoms with E-state index in [-0.39, 0.29) is 5.91 Å². The third-order valence-corrected chi connectivity index (χ3v) is 4.64. The Morgan fingerprint density at radius 1 is 1.40 bits per heavy atom. The summed E-state index contributed by atoms with van der Waals surface area (Å²) < 4.78 is 0. The van der Waals surface area contributed by atoms with E-state index < -0.39 is 0 Å². The molecular weight excluding hydrogens is 250 g/mol. The van der Waals surface area contributed by atoms with Crippen molar-refractivity contribution in [2.24, 2.45) is 5.41 Å². The summed E-state index contributed by atoms with van der Waals surface area (Å²) in [5.74, 6) is 0.132. The lowest BCUT2D eigenvalue weighted by Crippen LogP contribution is -2.32. The topological polar surface area (TPSA) is 45.2 Å². The number of nitrogens with zero attached hydrogens (tertiary/aromatic N) is 2. The number of likely N-dealkylation sites (tertiary alicyclic amines) is 1. The van der Waals surface area contributed by atoms with Crippen LogP contribution in [0.3, 0.4) is 0 Å². The Hall–Kier alpha value is -1.58. The first-order valence-electron chi connectivity index (χ1n) is 7.63. The number of anilines is 1. The van der Waals surface area contributed by atoms with Gasteiger partial charge >= 0.3 is 0 Å². The van der Waals surface area contributed by atoms with Crippen LogP contribution in [0.4, 0.5) is 5.69 Å². The summed E-state index contributed by atoms with van der Waals surface area (Å²) in [6.07, 6.45) is 6.83. The van der Waals surface area contributed by atoms with Crippen molar-refractivity contribution in [3.8, 4) is 0 Å². The minimum absolute atomic E-state index is 0.132. The van der Waals surface area contributed by atoms with Gasteiger partial charge in [-0.3, -0.25) is 9.78 Å². The Morgan fingerprint density at radius 2 is 2.15 bits per heavy atom. The van der Waals surface area contributed by atoms with E-state index in [4.69, 9.17) is 0 Å². The van der Waals surface area contributed by atoms with E-state index in [0.29, 0.717) is 5.41 Å². The van der Waals surface area contributed by atoms with Crippen molar-refractivity contribution < 1.29 is 4.79 Å². The summed E-state index contributed by atoms with van der Waals surface area (Å²) in [4.78, 5) is 18.8. The van der Waals surface area contributed by atoms with Crippen molar-refractivity contribution >= 4 is 11.6 Å². The number of carbonyl (C=O) groups excluding carboxylic acids is 1. The molecule has 1 aliphatic heterocycles. The molecule has 1 fully saturated rings. The second-order valence-corrected chi connectivity index (χ2v) is 5.64. The molecule has 1 amide bonds. The molecule has 1 aromatic heterocycles. The van der Waals surface area contributed by atoms with E-state index >= 15 is 0 Å². The number of hydrogen-bond acceptors (Lipinski definition) is 3. The summed E-state index contributed by atoms with van der Waals surface area (Å²) in [6, 6.07) is 1.82. The highest BCUT2D eigenvalue weighted by Crippen LogP contribution is 2.37. The number of aromatic nitrogens is 1. The Bertz CT molecular complexity index is 469. The fourth-order valence-electron chi connectivity index (χ4n) is 3.02. The van der Waals surface area contributed by atoms with Gasteiger partial charge in [-0.1, -0.05) is 13.8 Å². The lowest BCUT2D eigenvalue weighted by Gasteiger charge is -2.26. The maximum Gasteiger partial charge on any atom is 0.256 e. The van der Waals surface area contributed by atoms with Crippen LogP contribution in [0.1, 0.15) is 50.4 Å². The third-order valence-electron chi connectivity index (χ3n) is 4.64. The number of amides is 1. The lowest BCUT2D eigenvalue weighted by atomic mass is 9.82. The molecule has 1 saturated heterocycles. The molecule has 0 bridgehead atoms. The Balaban J connectivity index is 2.17. The summed E-state index contributed by atoms with van der Waals surface area (Å²) in [6.45, 7) is 9.03. The third kappa shape index (κ3) is 2.79. The molecule has 110 valence electrons. The van der Waals surface area contributed by atoms with Gasteiger partial charge in [-0.2, -0.15) is 0 Å². The quantitative estimate of drug-likeness (QED) is 0.897. The molecule has 4 heteroatoms. The number of hydrogen-bond donors (Lipinski definition) is 1. The second-order valence-electron chi connectivity index (χ2n) is 5.64. The zero-order valence-electron chi connectivity index (χ0n) is 12.8. The molecule has 1 aliphatic rings. The molecule has 2 rings (SSSR count). The van der Waals surface area contributed by atoms with Crippen molar-refractivity contribution in [2.45, 2.75) is 40.0 Å². The molecule has 0 atom stereocenters. The van der Waals surface area contributed by atoms with Gasteiger partial charge in [0, 0.05) is 25.8 Å². The first-order valence-corrected chi connectivity index (χ1v) is 7.63. The largest absolute Gasteiger partial charge is 0.383 e. The Kier molecular flexibility index (Phi) is 4.63. The highest BCUT2D eigenvalue weighted by Gasteiger charge is 2.37. The van der Waals surface area contributed by atoms with Crippen molar-refractivity contribution in [1.29, 1.82) is 0 Å². The molecule has 0 aliphatic carbocycles. The lowest BCUT2D eigenvalue weighted by molar-refractivity contribution is 0.0770. The van der Waals surface area contributed by atoms with E-state index in [0.717, 1.165) is 50.1 Å². The average molecular weight is 275 g/mol. The minimum atomic E-state index is 0.132. The molecule has 0 radical (unpaired) electrons. The van der Waals surface area contributed by atoms with Gasteiger partial charge in [0.2, 0.25) is 0 Å². The molecule has 2 heterocycles. The van der Waals surface area contributed by atoms with Gasteiger partial charge in [-0.05, 0) is 37.7 Å². The summed E-state index contributed by atoms with van der Waals surface area (Å²) in [5.41, 5.74) is 1.90. The van der Waals surface area contributed by atoms with Crippen LogP contribution in [0.2, 0.25) is 0 Å². The number of nitrogens with one attached hydrogen (secondary N) is 1. The zero-order chi connectivity index (χ0) is 14.6. The molecule has 0 unspecified atom stereocenters. The maximum absolute atomic E-state index is 12.7. The van der Waals surface area contributed by atoms with Crippen LogP contribution >= 0.6 is 0 Å². The SMILES string of the molecule is CCNc1cnccc1C(=O)N1CCC(CC)(CC)C1. The monoisotopic (exact) mass is 275 g/mol. The minimum Gasteiger partial charge on any atom is -0.383 e. The maximum atomic E-state index is 12.7. The van der Waals surface area contributed by atoms with E-state index in [9.17, 15) is 4.79 Å². The molecule has 0 aromatic carbocycles. The van der Waals surface area contributed by atoms with Gasteiger partial charge in [-0.25, -0.2) is 0 Å². The van der Waals surface area contributed by atoms with Crippen molar-refractivity contribution in [3.63, 3.8) is 0 Å². The van der Waals surface area contributed by atoms with Gasteiger partial charge < -0.3 is 10.2 Å². The van der Waals surface area contributed by atoms with Crippen LogP contribution in [0.5, 0.6) is 0 Å². The summed E-state index contributed by atoms with van der Waals surface area (Å²) >= 11 is 0.